The van der Waals surface area contributed by atoms with E-state index in [1.807, 2.05) is 0 Å². The molecule has 190 valence electrons. The molecular formula is C28H24ClNO7. The van der Waals surface area contributed by atoms with Crippen LogP contribution in [0.5, 0.6) is 11.5 Å². The van der Waals surface area contributed by atoms with E-state index in [1.54, 1.807) is 61.5 Å². The minimum Gasteiger partial charge on any atom is -0.507 e. The fraction of sp³-hybridized carbons (Fsp3) is 0.179. The Labute approximate surface area is 218 Å². The topological polar surface area (TPSA) is 102 Å². The van der Waals surface area contributed by atoms with Gasteiger partial charge in [0.15, 0.2) is 0 Å². The van der Waals surface area contributed by atoms with Gasteiger partial charge in [-0.25, -0.2) is 4.79 Å². The molecule has 1 amide bonds. The zero-order valence-electron chi connectivity index (χ0n) is 20.4. The molecule has 0 aromatic heterocycles. The summed E-state index contributed by atoms with van der Waals surface area (Å²) in [5.41, 5.74) is 0.976. The van der Waals surface area contributed by atoms with Crippen molar-refractivity contribution >= 4 is 40.7 Å². The molecule has 1 aliphatic heterocycles. The number of Topliss-reactive ketones (excluding diaryl/α,β-unsaturated/α-hetero) is 1. The van der Waals surface area contributed by atoms with Gasteiger partial charge in [-0.15, -0.1) is 0 Å². The molecule has 1 heterocycles. The second-order valence-corrected chi connectivity index (χ2v) is 8.50. The van der Waals surface area contributed by atoms with E-state index >= 15 is 0 Å². The van der Waals surface area contributed by atoms with Gasteiger partial charge in [-0.05, 0) is 61.0 Å². The van der Waals surface area contributed by atoms with Crippen LogP contribution >= 0.6 is 11.6 Å². The van der Waals surface area contributed by atoms with Gasteiger partial charge >= 0.3 is 5.97 Å². The molecule has 1 atom stereocenters. The van der Waals surface area contributed by atoms with Gasteiger partial charge in [-0.2, -0.15) is 0 Å². The predicted molar refractivity (Wildman–Crippen MR) is 138 cm³/mol. The van der Waals surface area contributed by atoms with Crippen molar-refractivity contribution < 1.29 is 33.7 Å². The van der Waals surface area contributed by atoms with Crippen molar-refractivity contribution in [2.45, 2.75) is 13.0 Å². The van der Waals surface area contributed by atoms with Gasteiger partial charge in [-0.1, -0.05) is 29.8 Å². The number of ketones is 1. The van der Waals surface area contributed by atoms with Crippen LogP contribution < -0.4 is 14.4 Å². The molecule has 8 nitrogen and oxygen atoms in total. The number of ether oxygens (including phenoxy) is 3. The Morgan fingerprint density at radius 1 is 1.00 bits per heavy atom. The molecular weight excluding hydrogens is 498 g/mol. The van der Waals surface area contributed by atoms with Crippen LogP contribution in [0.3, 0.4) is 0 Å². The Bertz CT molecular complexity index is 1420. The van der Waals surface area contributed by atoms with Crippen molar-refractivity contribution in [2.24, 2.45) is 0 Å². The van der Waals surface area contributed by atoms with Crippen molar-refractivity contribution in [3.8, 4) is 11.5 Å². The van der Waals surface area contributed by atoms with E-state index in [-0.39, 0.29) is 34.7 Å². The van der Waals surface area contributed by atoms with Crippen LogP contribution in [-0.2, 0) is 14.3 Å². The highest BCUT2D eigenvalue weighted by molar-refractivity contribution is 6.51. The molecule has 3 aromatic carbocycles. The number of rotatable bonds is 7. The number of benzene rings is 3. The highest BCUT2D eigenvalue weighted by Crippen LogP contribution is 2.44. The Morgan fingerprint density at radius 3 is 2.46 bits per heavy atom. The molecule has 0 radical (unpaired) electrons. The average Bonchev–Trinajstić information content (AvgIpc) is 3.18. The number of aliphatic hydroxyl groups excluding tert-OH is 1. The molecule has 1 fully saturated rings. The van der Waals surface area contributed by atoms with Crippen LogP contribution in [0.25, 0.3) is 5.76 Å². The number of hydrogen-bond acceptors (Lipinski definition) is 7. The molecule has 4 rings (SSSR count). The minimum atomic E-state index is -1.05. The minimum absolute atomic E-state index is 0.154. The molecule has 1 unspecified atom stereocenters. The molecule has 1 N–H and O–H groups in total. The summed E-state index contributed by atoms with van der Waals surface area (Å²) in [7, 11) is 2.91. The number of amides is 1. The van der Waals surface area contributed by atoms with Crippen molar-refractivity contribution in [1.82, 2.24) is 0 Å². The first-order chi connectivity index (χ1) is 17.8. The van der Waals surface area contributed by atoms with Gasteiger partial charge < -0.3 is 19.3 Å². The number of aliphatic hydroxyl groups is 1. The highest BCUT2D eigenvalue weighted by atomic mass is 35.5. The highest BCUT2D eigenvalue weighted by Gasteiger charge is 2.47. The normalized spacial score (nSPS) is 16.5. The van der Waals surface area contributed by atoms with Gasteiger partial charge in [0.05, 0.1) is 43.6 Å². The summed E-state index contributed by atoms with van der Waals surface area (Å²) in [6, 6.07) is 16.6. The molecule has 9 heteroatoms. The largest absolute Gasteiger partial charge is 0.507 e. The van der Waals surface area contributed by atoms with Crippen LogP contribution in [0.1, 0.15) is 34.5 Å². The number of hydrogen-bond donors (Lipinski definition) is 1. The van der Waals surface area contributed by atoms with Crippen molar-refractivity contribution in [2.75, 3.05) is 25.7 Å². The standard InChI is InChI=1S/C28H24ClNO7/c1-4-37-28(34)17-8-5-9-19(13-17)30-24(16-7-6-10-20(14-16)35-2)23(26(32)27(30)33)25(31)21-15-18(29)11-12-22(21)36-3/h5-15,24,31H,4H2,1-3H3/b25-23+. The molecule has 0 spiro atoms. The Morgan fingerprint density at radius 2 is 1.76 bits per heavy atom. The molecule has 1 saturated heterocycles. The number of halogens is 1. The second-order valence-electron chi connectivity index (χ2n) is 8.06. The van der Waals surface area contributed by atoms with Gasteiger partial charge in [0.1, 0.15) is 17.3 Å². The smallest absolute Gasteiger partial charge is 0.338 e. The van der Waals surface area contributed by atoms with E-state index < -0.39 is 29.5 Å². The van der Waals surface area contributed by atoms with Crippen molar-refractivity contribution in [3.05, 3.63) is 94.0 Å². The summed E-state index contributed by atoms with van der Waals surface area (Å²) < 4.78 is 15.8. The van der Waals surface area contributed by atoms with Crippen LogP contribution in [0.2, 0.25) is 5.02 Å². The average molecular weight is 522 g/mol. The van der Waals surface area contributed by atoms with Crippen LogP contribution in [0, 0.1) is 0 Å². The van der Waals surface area contributed by atoms with Gasteiger partial charge in [0, 0.05) is 10.7 Å². The van der Waals surface area contributed by atoms with E-state index in [9.17, 15) is 19.5 Å². The monoisotopic (exact) mass is 521 g/mol. The number of methoxy groups -OCH3 is 2. The molecule has 0 aliphatic carbocycles. The quantitative estimate of drug-likeness (QED) is 0.198. The van der Waals surface area contributed by atoms with Crippen molar-refractivity contribution in [1.29, 1.82) is 0 Å². The number of carbonyl (C=O) groups is 3. The zero-order chi connectivity index (χ0) is 26.7. The Kier molecular flexibility index (Phi) is 7.50. The molecule has 0 bridgehead atoms. The molecule has 1 aliphatic rings. The maximum atomic E-state index is 13.4. The fourth-order valence-electron chi connectivity index (χ4n) is 4.23. The third-order valence-electron chi connectivity index (χ3n) is 5.91. The first kappa shape index (κ1) is 25.8. The second kappa shape index (κ2) is 10.8. The number of esters is 1. The maximum Gasteiger partial charge on any atom is 0.338 e. The van der Waals surface area contributed by atoms with Gasteiger partial charge in [0.25, 0.3) is 11.7 Å². The number of nitrogens with zero attached hydrogens (tertiary/aromatic N) is 1. The van der Waals surface area contributed by atoms with Crippen LogP contribution in [0.15, 0.2) is 72.3 Å². The van der Waals surface area contributed by atoms with E-state index in [1.165, 1.54) is 31.3 Å². The molecule has 37 heavy (non-hydrogen) atoms. The third kappa shape index (κ3) is 4.88. The Hall–Kier alpha value is -4.30. The summed E-state index contributed by atoms with van der Waals surface area (Å²) in [6.45, 7) is 1.87. The maximum absolute atomic E-state index is 13.4. The zero-order valence-corrected chi connectivity index (χ0v) is 21.1. The summed E-state index contributed by atoms with van der Waals surface area (Å²) >= 11 is 6.17. The van der Waals surface area contributed by atoms with E-state index in [4.69, 9.17) is 25.8 Å². The van der Waals surface area contributed by atoms with E-state index in [2.05, 4.69) is 0 Å². The number of carbonyl (C=O) groups excluding carboxylic acids is 3. The SMILES string of the molecule is CCOC(=O)c1cccc(N2C(=O)C(=O)/C(=C(/O)c3cc(Cl)ccc3OC)C2c2cccc(OC)c2)c1. The summed E-state index contributed by atoms with van der Waals surface area (Å²) in [5, 5.41) is 11.7. The first-order valence-electron chi connectivity index (χ1n) is 11.4. The Balaban J connectivity index is 1.97. The lowest BCUT2D eigenvalue weighted by atomic mass is 9.94. The summed E-state index contributed by atoms with van der Waals surface area (Å²) in [6.07, 6.45) is 0. The van der Waals surface area contributed by atoms with E-state index in [0.29, 0.717) is 16.3 Å². The number of anilines is 1. The predicted octanol–water partition coefficient (Wildman–Crippen LogP) is 5.16. The molecule has 0 saturated carbocycles. The van der Waals surface area contributed by atoms with Gasteiger partial charge in [0.2, 0.25) is 0 Å². The van der Waals surface area contributed by atoms with Gasteiger partial charge in [-0.3, -0.25) is 14.5 Å². The lowest BCUT2D eigenvalue weighted by Crippen LogP contribution is -2.29. The first-order valence-corrected chi connectivity index (χ1v) is 11.7. The molecule has 3 aromatic rings. The van der Waals surface area contributed by atoms with Crippen LogP contribution in [-0.4, -0.2) is 43.6 Å². The van der Waals surface area contributed by atoms with Crippen molar-refractivity contribution in [3.63, 3.8) is 0 Å². The summed E-state index contributed by atoms with van der Waals surface area (Å²) in [4.78, 5) is 40.5. The van der Waals surface area contributed by atoms with E-state index in [0.717, 1.165) is 0 Å². The third-order valence-corrected chi connectivity index (χ3v) is 6.14. The van der Waals surface area contributed by atoms with Crippen LogP contribution in [0.4, 0.5) is 5.69 Å². The summed E-state index contributed by atoms with van der Waals surface area (Å²) in [5.74, 6) is -2.05. The lowest BCUT2D eigenvalue weighted by Gasteiger charge is -2.26. The lowest BCUT2D eigenvalue weighted by molar-refractivity contribution is -0.132. The fourth-order valence-corrected chi connectivity index (χ4v) is 4.41.